The van der Waals surface area contributed by atoms with E-state index in [4.69, 9.17) is 15.7 Å². The molecule has 0 aliphatic carbocycles. The Hall–Kier alpha value is -3.32. The molecule has 3 rings (SSSR count). The highest BCUT2D eigenvalue weighted by atomic mass is 16.5. The van der Waals surface area contributed by atoms with E-state index in [-0.39, 0.29) is 13.0 Å². The Bertz CT molecular complexity index is 996. The monoisotopic (exact) mass is 381 g/mol. The van der Waals surface area contributed by atoms with Crippen molar-refractivity contribution in [3.05, 3.63) is 65.4 Å². The van der Waals surface area contributed by atoms with Gasteiger partial charge >= 0.3 is 0 Å². The van der Waals surface area contributed by atoms with Gasteiger partial charge in [-0.05, 0) is 29.7 Å². The van der Waals surface area contributed by atoms with E-state index in [0.29, 0.717) is 18.7 Å². The topological polar surface area (TPSA) is 107 Å². The van der Waals surface area contributed by atoms with Gasteiger partial charge < -0.3 is 15.0 Å². The quantitative estimate of drug-likeness (QED) is 0.411. The highest BCUT2D eigenvalue weighted by Crippen LogP contribution is 2.35. The molecule has 3 aromatic rings. The summed E-state index contributed by atoms with van der Waals surface area (Å²) in [7, 11) is 0. The molecule has 0 aliphatic heterocycles. The van der Waals surface area contributed by atoms with Crippen molar-refractivity contribution in [2.45, 2.75) is 26.3 Å². The van der Waals surface area contributed by atoms with Crippen molar-refractivity contribution in [3.8, 4) is 5.75 Å². The van der Waals surface area contributed by atoms with Gasteiger partial charge in [-0.25, -0.2) is 5.48 Å². The van der Waals surface area contributed by atoms with Crippen molar-refractivity contribution in [1.82, 2.24) is 10.0 Å². The number of hydrogen-bond acceptors (Lipinski definition) is 4. The molecule has 0 fully saturated rings. The molecule has 0 unspecified atom stereocenters. The summed E-state index contributed by atoms with van der Waals surface area (Å²) in [4.78, 5) is 23.1. The molecule has 28 heavy (non-hydrogen) atoms. The molecule has 7 nitrogen and oxygen atoms in total. The van der Waals surface area contributed by atoms with Gasteiger partial charge in [-0.2, -0.15) is 0 Å². The van der Waals surface area contributed by atoms with E-state index in [1.807, 2.05) is 49.4 Å². The Balaban J connectivity index is 2.16. The predicted octanol–water partition coefficient (Wildman–Crippen LogP) is 2.16. The summed E-state index contributed by atoms with van der Waals surface area (Å²) in [6.45, 7) is 2.33. The van der Waals surface area contributed by atoms with Crippen LogP contribution in [0, 0.1) is 0 Å². The van der Waals surface area contributed by atoms with Gasteiger partial charge in [0.2, 0.25) is 5.91 Å². The Labute approximate surface area is 162 Å². The fourth-order valence-corrected chi connectivity index (χ4v) is 3.51. The summed E-state index contributed by atoms with van der Waals surface area (Å²) in [5.41, 5.74) is 10.9. The standard InChI is InChI=1S/C21H23N3O4/c1-2-16-15(11-19(22)25)21-17(24(16)12-14-7-4-3-5-8-14)9-6-10-18(21)28-13-20(26)23-27/h3-10,27H,2,11-13H2,1H3,(H2,22,25)(H,23,26). The number of rotatable bonds is 8. The number of benzene rings is 2. The molecule has 146 valence electrons. The lowest BCUT2D eigenvalue weighted by Gasteiger charge is -2.11. The number of carbonyl (C=O) groups is 2. The fourth-order valence-electron chi connectivity index (χ4n) is 3.51. The number of hydroxylamine groups is 1. The minimum absolute atomic E-state index is 0.0774. The van der Waals surface area contributed by atoms with Crippen molar-refractivity contribution < 1.29 is 19.5 Å². The number of nitrogens with two attached hydrogens (primary N) is 1. The number of nitrogens with zero attached hydrogens (tertiary/aromatic N) is 1. The maximum Gasteiger partial charge on any atom is 0.281 e. The van der Waals surface area contributed by atoms with E-state index in [0.717, 1.165) is 27.7 Å². The molecule has 4 N–H and O–H groups in total. The zero-order valence-electron chi connectivity index (χ0n) is 15.6. The molecule has 7 heteroatoms. The molecule has 0 saturated carbocycles. The summed E-state index contributed by atoms with van der Waals surface area (Å²) in [6.07, 6.45) is 0.786. The van der Waals surface area contributed by atoms with Crippen LogP contribution < -0.4 is 16.0 Å². The van der Waals surface area contributed by atoms with Crippen LogP contribution in [0.15, 0.2) is 48.5 Å². The fraction of sp³-hybridized carbons (Fsp3) is 0.238. The molecule has 0 bridgehead atoms. The maximum absolute atomic E-state index is 11.7. The second kappa shape index (κ2) is 8.58. The van der Waals surface area contributed by atoms with Crippen molar-refractivity contribution in [2.75, 3.05) is 6.61 Å². The minimum Gasteiger partial charge on any atom is -0.483 e. The highest BCUT2D eigenvalue weighted by Gasteiger charge is 2.21. The lowest BCUT2D eigenvalue weighted by molar-refractivity contribution is -0.131. The Morgan fingerprint density at radius 1 is 1.14 bits per heavy atom. The second-order valence-corrected chi connectivity index (χ2v) is 6.47. The lowest BCUT2D eigenvalue weighted by Crippen LogP contribution is -2.25. The zero-order chi connectivity index (χ0) is 20.1. The summed E-state index contributed by atoms with van der Waals surface area (Å²) >= 11 is 0. The third-order valence-corrected chi connectivity index (χ3v) is 4.62. The van der Waals surface area contributed by atoms with E-state index in [2.05, 4.69) is 4.57 Å². The van der Waals surface area contributed by atoms with Gasteiger partial charge in [-0.3, -0.25) is 14.8 Å². The molecule has 0 saturated heterocycles. The SMILES string of the molecule is CCc1c(CC(N)=O)c2c(OCC(=O)NO)cccc2n1Cc1ccccc1. The molecule has 0 radical (unpaired) electrons. The van der Waals surface area contributed by atoms with E-state index in [1.165, 1.54) is 0 Å². The van der Waals surface area contributed by atoms with Gasteiger partial charge in [-0.1, -0.05) is 43.3 Å². The van der Waals surface area contributed by atoms with Gasteiger partial charge in [0.15, 0.2) is 6.61 Å². The van der Waals surface area contributed by atoms with Gasteiger partial charge in [0.1, 0.15) is 5.75 Å². The first kappa shape index (κ1) is 19.4. The molecule has 0 spiro atoms. The predicted molar refractivity (Wildman–Crippen MR) is 105 cm³/mol. The van der Waals surface area contributed by atoms with Crippen LogP contribution in [-0.4, -0.2) is 28.2 Å². The number of ether oxygens (including phenoxy) is 1. The number of hydrogen-bond donors (Lipinski definition) is 3. The first-order valence-electron chi connectivity index (χ1n) is 9.06. The third-order valence-electron chi connectivity index (χ3n) is 4.62. The molecule has 1 aromatic heterocycles. The first-order chi connectivity index (χ1) is 13.5. The largest absolute Gasteiger partial charge is 0.483 e. The van der Waals surface area contributed by atoms with Gasteiger partial charge in [0.05, 0.1) is 11.9 Å². The average Bonchev–Trinajstić information content (AvgIpc) is 2.99. The molecule has 2 aromatic carbocycles. The highest BCUT2D eigenvalue weighted by molar-refractivity contribution is 5.95. The average molecular weight is 381 g/mol. The van der Waals surface area contributed by atoms with Crippen molar-refractivity contribution in [1.29, 1.82) is 0 Å². The normalized spacial score (nSPS) is 10.8. The molecule has 1 heterocycles. The summed E-state index contributed by atoms with van der Waals surface area (Å²) in [5.74, 6) is -0.622. The van der Waals surface area contributed by atoms with Gasteiger partial charge in [-0.15, -0.1) is 0 Å². The minimum atomic E-state index is -0.659. The number of amides is 2. The number of aromatic nitrogens is 1. The number of primary amides is 1. The van der Waals surface area contributed by atoms with Crippen LogP contribution in [0.25, 0.3) is 10.9 Å². The Kier molecular flexibility index (Phi) is 5.96. The van der Waals surface area contributed by atoms with Crippen LogP contribution in [0.1, 0.15) is 23.7 Å². The van der Waals surface area contributed by atoms with Gasteiger partial charge in [0, 0.05) is 17.6 Å². The van der Waals surface area contributed by atoms with Crippen LogP contribution in [0.2, 0.25) is 0 Å². The van der Waals surface area contributed by atoms with E-state index in [1.54, 1.807) is 11.5 Å². The number of nitrogens with one attached hydrogen (secondary N) is 1. The van der Waals surface area contributed by atoms with Crippen LogP contribution in [-0.2, 0) is 29.0 Å². The van der Waals surface area contributed by atoms with Crippen molar-refractivity contribution in [2.24, 2.45) is 5.73 Å². The van der Waals surface area contributed by atoms with Gasteiger partial charge in [0.25, 0.3) is 5.91 Å². The molecular formula is C21H23N3O4. The van der Waals surface area contributed by atoms with Crippen LogP contribution >= 0.6 is 0 Å². The van der Waals surface area contributed by atoms with Crippen LogP contribution in [0.5, 0.6) is 5.75 Å². The molecule has 0 atom stereocenters. The van der Waals surface area contributed by atoms with Crippen molar-refractivity contribution in [3.63, 3.8) is 0 Å². The molecular weight excluding hydrogens is 358 g/mol. The van der Waals surface area contributed by atoms with Crippen LogP contribution in [0.3, 0.4) is 0 Å². The van der Waals surface area contributed by atoms with E-state index >= 15 is 0 Å². The summed E-state index contributed by atoms with van der Waals surface area (Å²) < 4.78 is 7.77. The maximum atomic E-state index is 11.7. The second-order valence-electron chi connectivity index (χ2n) is 6.47. The third kappa shape index (κ3) is 3.99. The Morgan fingerprint density at radius 3 is 2.54 bits per heavy atom. The lowest BCUT2D eigenvalue weighted by atomic mass is 10.0. The van der Waals surface area contributed by atoms with E-state index in [9.17, 15) is 9.59 Å². The van der Waals surface area contributed by atoms with Crippen molar-refractivity contribution >= 4 is 22.7 Å². The smallest absolute Gasteiger partial charge is 0.281 e. The number of carbonyl (C=O) groups excluding carboxylic acids is 2. The van der Waals surface area contributed by atoms with Crippen LogP contribution in [0.4, 0.5) is 0 Å². The summed E-state index contributed by atoms with van der Waals surface area (Å²) in [6, 6.07) is 15.6. The molecule has 2 amide bonds. The van der Waals surface area contributed by atoms with E-state index < -0.39 is 11.8 Å². The zero-order valence-corrected chi connectivity index (χ0v) is 15.6. The first-order valence-corrected chi connectivity index (χ1v) is 9.06. The summed E-state index contributed by atoms with van der Waals surface area (Å²) in [5, 5.41) is 9.47. The number of fused-ring (bicyclic) bond motifs is 1. The molecule has 0 aliphatic rings. The Morgan fingerprint density at radius 2 is 1.89 bits per heavy atom.